The van der Waals surface area contributed by atoms with Crippen LogP contribution < -0.4 is 0 Å². The van der Waals surface area contributed by atoms with E-state index in [1.165, 1.54) is 26.9 Å². The molecule has 4 heterocycles. The minimum Gasteiger partial charge on any atom is -0.436 e. The zero-order valence-corrected chi connectivity index (χ0v) is 26.2. The molecule has 11 aromatic rings. The standard InChI is InChI=1S/C44H26N4O/c1-2-14-30(15-3-1)47-36-19-9-6-16-31(36)34-25-29(22-23-38(34)47)41-43(45-42-33-18-8-11-21-40(33)49-44(42)46-41)48-37-20-10-7-17-32(37)35-24-27-12-4-5-13-28(27)26-39(35)48/h1-26H. The van der Waals surface area contributed by atoms with Gasteiger partial charge in [-0.1, -0.05) is 97.1 Å². The number of aromatic nitrogens is 4. The summed E-state index contributed by atoms with van der Waals surface area (Å²) in [6.45, 7) is 0. The van der Waals surface area contributed by atoms with Crippen LogP contribution in [0.3, 0.4) is 0 Å². The first kappa shape index (κ1) is 26.4. The molecule has 5 heteroatoms. The Morgan fingerprint density at radius 3 is 1.84 bits per heavy atom. The van der Waals surface area contributed by atoms with Gasteiger partial charge in [0.05, 0.1) is 22.1 Å². The van der Waals surface area contributed by atoms with Gasteiger partial charge in [-0.05, 0) is 71.4 Å². The van der Waals surface area contributed by atoms with Crippen LogP contribution >= 0.6 is 0 Å². The molecule has 0 unspecified atom stereocenters. The zero-order chi connectivity index (χ0) is 32.1. The lowest BCUT2D eigenvalue weighted by molar-refractivity contribution is 0.653. The van der Waals surface area contributed by atoms with Gasteiger partial charge in [0.1, 0.15) is 16.8 Å². The van der Waals surface area contributed by atoms with Crippen LogP contribution in [0.2, 0.25) is 0 Å². The minimum absolute atomic E-state index is 0.526. The number of para-hydroxylation sites is 4. The lowest BCUT2D eigenvalue weighted by Gasteiger charge is -2.13. The fourth-order valence-electron chi connectivity index (χ4n) is 7.72. The highest BCUT2D eigenvalue weighted by Crippen LogP contribution is 2.40. The number of hydrogen-bond donors (Lipinski definition) is 0. The minimum atomic E-state index is 0.526. The second-order valence-corrected chi connectivity index (χ2v) is 12.6. The molecular weight excluding hydrogens is 601 g/mol. The van der Waals surface area contributed by atoms with Crippen molar-refractivity contribution >= 4 is 76.6 Å². The predicted molar refractivity (Wildman–Crippen MR) is 201 cm³/mol. The van der Waals surface area contributed by atoms with Crippen molar-refractivity contribution in [3.8, 4) is 22.8 Å². The molecule has 0 spiro atoms. The normalized spacial score (nSPS) is 12.1. The molecular formula is C44H26N4O. The topological polar surface area (TPSA) is 48.8 Å². The summed E-state index contributed by atoms with van der Waals surface area (Å²) in [5, 5.41) is 8.04. The highest BCUT2D eigenvalue weighted by molar-refractivity contribution is 6.15. The average molecular weight is 627 g/mol. The molecule has 228 valence electrons. The lowest BCUT2D eigenvalue weighted by Crippen LogP contribution is -2.03. The van der Waals surface area contributed by atoms with E-state index in [2.05, 4.69) is 149 Å². The van der Waals surface area contributed by atoms with E-state index in [-0.39, 0.29) is 0 Å². The van der Waals surface area contributed by atoms with Gasteiger partial charge in [-0.3, -0.25) is 4.57 Å². The van der Waals surface area contributed by atoms with Gasteiger partial charge >= 0.3 is 0 Å². The molecule has 5 nitrogen and oxygen atoms in total. The molecule has 0 N–H and O–H groups in total. The first-order valence-corrected chi connectivity index (χ1v) is 16.5. The molecule has 11 rings (SSSR count). The van der Waals surface area contributed by atoms with Crippen LogP contribution in [0.5, 0.6) is 0 Å². The van der Waals surface area contributed by atoms with Crippen LogP contribution in [0, 0.1) is 0 Å². The van der Waals surface area contributed by atoms with E-state index in [0.717, 1.165) is 66.7 Å². The van der Waals surface area contributed by atoms with E-state index in [1.807, 2.05) is 18.2 Å². The Hall–Kier alpha value is -6.72. The van der Waals surface area contributed by atoms with Gasteiger partial charge in [0.2, 0.25) is 5.71 Å². The van der Waals surface area contributed by atoms with Crippen molar-refractivity contribution in [3.05, 3.63) is 158 Å². The number of fused-ring (bicyclic) bond motifs is 10. The molecule has 4 aromatic heterocycles. The number of benzene rings is 7. The summed E-state index contributed by atoms with van der Waals surface area (Å²) >= 11 is 0. The molecule has 0 aliphatic heterocycles. The number of rotatable bonds is 3. The van der Waals surface area contributed by atoms with E-state index in [1.54, 1.807) is 0 Å². The van der Waals surface area contributed by atoms with Gasteiger partial charge in [0.25, 0.3) is 0 Å². The Morgan fingerprint density at radius 2 is 1.04 bits per heavy atom. The number of hydrogen-bond acceptors (Lipinski definition) is 3. The Balaban J connectivity index is 1.27. The van der Waals surface area contributed by atoms with E-state index >= 15 is 0 Å². The summed E-state index contributed by atoms with van der Waals surface area (Å²) in [5.74, 6) is 0.770. The molecule has 49 heavy (non-hydrogen) atoms. The highest BCUT2D eigenvalue weighted by Gasteiger charge is 2.23. The second kappa shape index (κ2) is 9.89. The largest absolute Gasteiger partial charge is 0.436 e. The fourth-order valence-corrected chi connectivity index (χ4v) is 7.72. The van der Waals surface area contributed by atoms with Crippen LogP contribution in [0.15, 0.2) is 162 Å². The fraction of sp³-hybridized carbons (Fsp3) is 0. The molecule has 7 aromatic carbocycles. The summed E-state index contributed by atoms with van der Waals surface area (Å²) in [6.07, 6.45) is 0. The molecule has 0 saturated carbocycles. The highest BCUT2D eigenvalue weighted by atomic mass is 16.3. The van der Waals surface area contributed by atoms with Crippen molar-refractivity contribution in [2.24, 2.45) is 0 Å². The van der Waals surface area contributed by atoms with Crippen molar-refractivity contribution in [2.75, 3.05) is 0 Å². The monoisotopic (exact) mass is 626 g/mol. The van der Waals surface area contributed by atoms with Crippen LogP contribution in [0.25, 0.3) is 99.3 Å². The smallest absolute Gasteiger partial charge is 0.247 e. The molecule has 0 radical (unpaired) electrons. The van der Waals surface area contributed by atoms with Crippen molar-refractivity contribution in [1.29, 1.82) is 0 Å². The maximum Gasteiger partial charge on any atom is 0.247 e. The van der Waals surface area contributed by atoms with Crippen LogP contribution in [0.4, 0.5) is 0 Å². The third-order valence-electron chi connectivity index (χ3n) is 9.91. The van der Waals surface area contributed by atoms with E-state index in [0.29, 0.717) is 5.71 Å². The van der Waals surface area contributed by atoms with Gasteiger partial charge in [-0.15, -0.1) is 0 Å². The van der Waals surface area contributed by atoms with Crippen molar-refractivity contribution < 1.29 is 4.42 Å². The summed E-state index contributed by atoms with van der Waals surface area (Å²) in [6, 6.07) is 55.6. The summed E-state index contributed by atoms with van der Waals surface area (Å²) < 4.78 is 11.0. The third-order valence-corrected chi connectivity index (χ3v) is 9.91. The first-order chi connectivity index (χ1) is 24.3. The van der Waals surface area contributed by atoms with Crippen molar-refractivity contribution in [2.45, 2.75) is 0 Å². The first-order valence-electron chi connectivity index (χ1n) is 16.5. The third kappa shape index (κ3) is 3.75. The predicted octanol–water partition coefficient (Wildman–Crippen LogP) is 11.4. The van der Waals surface area contributed by atoms with Crippen LogP contribution in [0.1, 0.15) is 0 Å². The van der Waals surface area contributed by atoms with E-state index in [4.69, 9.17) is 14.4 Å². The summed E-state index contributed by atoms with van der Waals surface area (Å²) in [5.41, 5.74) is 9.38. The molecule has 0 aliphatic carbocycles. The molecule has 0 atom stereocenters. The lowest BCUT2D eigenvalue weighted by atomic mass is 10.1. The number of nitrogens with zero attached hydrogens (tertiary/aromatic N) is 4. The van der Waals surface area contributed by atoms with Gasteiger partial charge in [0.15, 0.2) is 5.82 Å². The maximum absolute atomic E-state index is 6.35. The van der Waals surface area contributed by atoms with Gasteiger partial charge in [-0.2, -0.15) is 0 Å². The molecule has 0 bridgehead atoms. The average Bonchev–Trinajstić information content (AvgIpc) is 3.80. The number of furan rings is 1. The Bertz CT molecular complexity index is 3110. The molecule has 0 saturated heterocycles. The SMILES string of the molecule is c1ccc(-n2c3ccccc3c3cc(-c4nc5oc6ccccc6c5nc4-n4c5ccccc5c5cc6ccccc6cc54)ccc32)cc1. The quantitative estimate of drug-likeness (QED) is 0.196. The van der Waals surface area contributed by atoms with Crippen molar-refractivity contribution in [1.82, 2.24) is 19.1 Å². The van der Waals surface area contributed by atoms with Crippen LogP contribution in [-0.4, -0.2) is 19.1 Å². The molecule has 0 fully saturated rings. The maximum atomic E-state index is 6.35. The van der Waals surface area contributed by atoms with E-state index in [9.17, 15) is 0 Å². The summed E-state index contributed by atoms with van der Waals surface area (Å²) in [4.78, 5) is 10.8. The van der Waals surface area contributed by atoms with Crippen molar-refractivity contribution in [3.63, 3.8) is 0 Å². The van der Waals surface area contributed by atoms with Gasteiger partial charge < -0.3 is 8.98 Å². The molecule has 0 amide bonds. The Morgan fingerprint density at radius 1 is 0.429 bits per heavy atom. The molecule has 0 aliphatic rings. The Labute approximate surface area is 279 Å². The van der Waals surface area contributed by atoms with Gasteiger partial charge in [0, 0.05) is 38.2 Å². The zero-order valence-electron chi connectivity index (χ0n) is 26.2. The van der Waals surface area contributed by atoms with E-state index < -0.39 is 0 Å². The van der Waals surface area contributed by atoms with Gasteiger partial charge in [-0.25, -0.2) is 9.97 Å². The van der Waals surface area contributed by atoms with Crippen LogP contribution in [-0.2, 0) is 0 Å². The Kier molecular flexibility index (Phi) is 5.32. The summed E-state index contributed by atoms with van der Waals surface area (Å²) in [7, 11) is 0. The second-order valence-electron chi connectivity index (χ2n) is 12.6.